The summed E-state index contributed by atoms with van der Waals surface area (Å²) in [6, 6.07) is 4.38. The summed E-state index contributed by atoms with van der Waals surface area (Å²) in [5.74, 6) is 0.418. The summed E-state index contributed by atoms with van der Waals surface area (Å²) < 4.78 is 19.0. The van der Waals surface area contributed by atoms with Crippen LogP contribution in [-0.2, 0) is 0 Å². The van der Waals surface area contributed by atoms with Gasteiger partial charge in [-0.2, -0.15) is 0 Å². The van der Waals surface area contributed by atoms with Gasteiger partial charge in [-0.15, -0.1) is 0 Å². The fourth-order valence-corrected chi connectivity index (χ4v) is 2.66. The van der Waals surface area contributed by atoms with Gasteiger partial charge in [-0.05, 0) is 31.0 Å². The lowest BCUT2D eigenvalue weighted by atomic mass is 9.69. The zero-order chi connectivity index (χ0) is 11.3. The van der Waals surface area contributed by atoms with E-state index in [4.69, 9.17) is 16.2 Å². The minimum Gasteiger partial charge on any atom is -0.485 e. The van der Waals surface area contributed by atoms with E-state index >= 15 is 0 Å². The zero-order valence-corrected chi connectivity index (χ0v) is 8.95. The molecule has 1 aliphatic carbocycles. The van der Waals surface area contributed by atoms with Crippen LogP contribution >= 0.6 is 0 Å². The van der Waals surface area contributed by atoms with Gasteiger partial charge in [0.2, 0.25) is 0 Å². The molecule has 3 atom stereocenters. The summed E-state index contributed by atoms with van der Waals surface area (Å²) in [7, 11) is 0. The van der Waals surface area contributed by atoms with E-state index in [0.717, 1.165) is 18.4 Å². The Morgan fingerprint density at radius 1 is 1.38 bits per heavy atom. The summed E-state index contributed by atoms with van der Waals surface area (Å²) >= 11 is 0. The predicted molar refractivity (Wildman–Crippen MR) is 58.5 cm³/mol. The molecular formula is C12H15FN2O. The molecule has 3 rings (SSSR count). The molecule has 0 radical (unpaired) electrons. The van der Waals surface area contributed by atoms with Crippen LogP contribution in [0.4, 0.5) is 4.39 Å². The van der Waals surface area contributed by atoms with Gasteiger partial charge in [0.15, 0.2) is 0 Å². The van der Waals surface area contributed by atoms with Crippen molar-refractivity contribution in [1.29, 1.82) is 0 Å². The third kappa shape index (κ3) is 1.26. The maximum atomic E-state index is 13.1. The van der Waals surface area contributed by atoms with E-state index in [9.17, 15) is 4.39 Å². The third-order valence-electron chi connectivity index (χ3n) is 3.80. The average Bonchev–Trinajstić information content (AvgIpc) is 2.28. The van der Waals surface area contributed by atoms with Gasteiger partial charge in [-0.3, -0.25) is 0 Å². The molecule has 0 saturated heterocycles. The Hall–Kier alpha value is -1.13. The Kier molecular flexibility index (Phi) is 2.00. The maximum absolute atomic E-state index is 13.1. The molecule has 16 heavy (non-hydrogen) atoms. The van der Waals surface area contributed by atoms with Crippen LogP contribution < -0.4 is 16.2 Å². The van der Waals surface area contributed by atoms with Crippen LogP contribution in [0.15, 0.2) is 18.2 Å². The largest absolute Gasteiger partial charge is 0.485 e. The smallest absolute Gasteiger partial charge is 0.126 e. The van der Waals surface area contributed by atoms with Gasteiger partial charge < -0.3 is 16.2 Å². The Bertz CT molecular complexity index is 437. The molecule has 86 valence electrons. The highest BCUT2D eigenvalue weighted by Crippen LogP contribution is 2.47. The normalized spacial score (nSPS) is 36.4. The SMILES string of the molecule is NC1CC2(CCC2N)Oc2ccc(F)cc21. The number of rotatable bonds is 0. The van der Waals surface area contributed by atoms with Gasteiger partial charge in [0.25, 0.3) is 0 Å². The fraction of sp³-hybridized carbons (Fsp3) is 0.500. The number of hydrogen-bond donors (Lipinski definition) is 2. The van der Waals surface area contributed by atoms with Crippen molar-refractivity contribution in [1.82, 2.24) is 0 Å². The topological polar surface area (TPSA) is 61.3 Å². The number of benzene rings is 1. The van der Waals surface area contributed by atoms with E-state index in [1.807, 2.05) is 0 Å². The molecule has 1 saturated carbocycles. The molecule has 0 bridgehead atoms. The molecular weight excluding hydrogens is 207 g/mol. The van der Waals surface area contributed by atoms with E-state index in [1.54, 1.807) is 6.07 Å². The highest BCUT2D eigenvalue weighted by atomic mass is 19.1. The minimum absolute atomic E-state index is 0.0525. The second kappa shape index (κ2) is 3.18. The van der Waals surface area contributed by atoms with Gasteiger partial charge >= 0.3 is 0 Å². The van der Waals surface area contributed by atoms with Crippen molar-refractivity contribution in [3.05, 3.63) is 29.6 Å². The quantitative estimate of drug-likeness (QED) is 0.698. The molecule has 4 N–H and O–H groups in total. The van der Waals surface area contributed by atoms with E-state index in [-0.39, 0.29) is 23.5 Å². The van der Waals surface area contributed by atoms with Crippen molar-refractivity contribution in [3.63, 3.8) is 0 Å². The maximum Gasteiger partial charge on any atom is 0.126 e. The van der Waals surface area contributed by atoms with Gasteiger partial charge in [0.1, 0.15) is 17.2 Å². The van der Waals surface area contributed by atoms with Crippen molar-refractivity contribution >= 4 is 0 Å². The summed E-state index contributed by atoms with van der Waals surface area (Å²) in [5.41, 5.74) is 12.5. The monoisotopic (exact) mass is 222 g/mol. The third-order valence-corrected chi connectivity index (χ3v) is 3.80. The number of fused-ring (bicyclic) bond motifs is 1. The first-order valence-corrected chi connectivity index (χ1v) is 5.60. The van der Waals surface area contributed by atoms with Gasteiger partial charge in [-0.1, -0.05) is 0 Å². The van der Waals surface area contributed by atoms with Crippen molar-refractivity contribution in [2.45, 2.75) is 36.9 Å². The molecule has 3 unspecified atom stereocenters. The lowest BCUT2D eigenvalue weighted by molar-refractivity contribution is -0.0531. The molecule has 2 aliphatic rings. The first kappa shape index (κ1) is 10.1. The molecule has 1 aliphatic heterocycles. The first-order valence-electron chi connectivity index (χ1n) is 5.60. The summed E-state index contributed by atoms with van der Waals surface area (Å²) in [6.07, 6.45) is 2.60. The second-order valence-corrected chi connectivity index (χ2v) is 4.80. The summed E-state index contributed by atoms with van der Waals surface area (Å²) in [5, 5.41) is 0. The summed E-state index contributed by atoms with van der Waals surface area (Å²) in [4.78, 5) is 0. The molecule has 3 nitrogen and oxygen atoms in total. The van der Waals surface area contributed by atoms with Crippen molar-refractivity contribution < 1.29 is 9.13 Å². The molecule has 1 aromatic rings. The molecule has 1 heterocycles. The molecule has 1 spiro atoms. The first-order chi connectivity index (χ1) is 7.61. The number of ether oxygens (including phenoxy) is 1. The number of hydrogen-bond acceptors (Lipinski definition) is 3. The minimum atomic E-state index is -0.301. The Labute approximate surface area is 93.6 Å². The molecule has 4 heteroatoms. The predicted octanol–water partition coefficient (Wildman–Crippen LogP) is 1.47. The average molecular weight is 222 g/mol. The molecule has 1 aromatic carbocycles. The van der Waals surface area contributed by atoms with Crippen LogP contribution in [0.25, 0.3) is 0 Å². The van der Waals surface area contributed by atoms with Crippen LogP contribution in [0, 0.1) is 5.82 Å². The van der Waals surface area contributed by atoms with E-state index < -0.39 is 0 Å². The van der Waals surface area contributed by atoms with Gasteiger partial charge in [0, 0.05) is 24.1 Å². The fourth-order valence-electron chi connectivity index (χ4n) is 2.66. The number of halogens is 1. The van der Waals surface area contributed by atoms with Crippen molar-refractivity contribution in [2.75, 3.05) is 0 Å². The van der Waals surface area contributed by atoms with Crippen LogP contribution in [0.2, 0.25) is 0 Å². The van der Waals surface area contributed by atoms with Crippen LogP contribution in [0.5, 0.6) is 5.75 Å². The zero-order valence-electron chi connectivity index (χ0n) is 8.95. The highest BCUT2D eigenvalue weighted by molar-refractivity contribution is 5.40. The molecule has 0 amide bonds. The highest BCUT2D eigenvalue weighted by Gasteiger charge is 2.50. The van der Waals surface area contributed by atoms with Gasteiger partial charge in [0.05, 0.1) is 0 Å². The second-order valence-electron chi connectivity index (χ2n) is 4.80. The lowest BCUT2D eigenvalue weighted by Crippen LogP contribution is -2.62. The molecule has 0 aromatic heterocycles. The Balaban J connectivity index is 2.00. The van der Waals surface area contributed by atoms with Crippen molar-refractivity contribution in [3.8, 4) is 5.75 Å². The van der Waals surface area contributed by atoms with Crippen LogP contribution in [0.1, 0.15) is 30.9 Å². The van der Waals surface area contributed by atoms with Crippen LogP contribution in [0.3, 0.4) is 0 Å². The Morgan fingerprint density at radius 3 is 2.81 bits per heavy atom. The number of nitrogens with two attached hydrogens (primary N) is 2. The standard InChI is InChI=1S/C12H15FN2O/c13-7-1-2-10-8(5-7)9(14)6-12(16-10)4-3-11(12)15/h1-2,5,9,11H,3-4,6,14-15H2. The van der Waals surface area contributed by atoms with E-state index in [1.165, 1.54) is 12.1 Å². The molecule has 1 fully saturated rings. The van der Waals surface area contributed by atoms with Gasteiger partial charge in [-0.25, -0.2) is 4.39 Å². The van der Waals surface area contributed by atoms with E-state index in [0.29, 0.717) is 12.2 Å². The Morgan fingerprint density at radius 2 is 2.19 bits per heavy atom. The van der Waals surface area contributed by atoms with Crippen molar-refractivity contribution in [2.24, 2.45) is 11.5 Å². The summed E-state index contributed by atoms with van der Waals surface area (Å²) in [6.45, 7) is 0. The van der Waals surface area contributed by atoms with E-state index in [2.05, 4.69) is 0 Å². The lowest BCUT2D eigenvalue weighted by Gasteiger charge is -2.51. The van der Waals surface area contributed by atoms with Crippen LogP contribution in [-0.4, -0.2) is 11.6 Å².